The number of rotatable bonds is 7. The van der Waals surface area contributed by atoms with Crippen LogP contribution in [0.3, 0.4) is 0 Å². The smallest absolute Gasteiger partial charge is 0.387 e. The Morgan fingerprint density at radius 3 is 2.38 bits per heavy atom. The molecule has 0 bridgehead atoms. The summed E-state index contributed by atoms with van der Waals surface area (Å²) in [5.41, 5.74) is 3.62. The SMILES string of the molecule is CCc1ccc(OC(F)F)c(Cn2c3cc(-c4cnc(N5CCN(C(C)=O)CC5)nc4)ccc3c(=O)n2C)c1. The van der Waals surface area contributed by atoms with E-state index in [0.29, 0.717) is 48.6 Å². The number of alkyl halides is 2. The number of carbonyl (C=O) groups excluding carboxylic acids is 1. The molecule has 204 valence electrons. The molecule has 1 amide bonds. The van der Waals surface area contributed by atoms with Gasteiger partial charge < -0.3 is 14.5 Å². The Hall–Kier alpha value is -4.28. The van der Waals surface area contributed by atoms with Crippen molar-refractivity contribution in [2.24, 2.45) is 7.05 Å². The van der Waals surface area contributed by atoms with Gasteiger partial charge in [-0.15, -0.1) is 0 Å². The van der Waals surface area contributed by atoms with E-state index in [4.69, 9.17) is 4.74 Å². The van der Waals surface area contributed by atoms with E-state index in [2.05, 4.69) is 9.97 Å². The summed E-state index contributed by atoms with van der Waals surface area (Å²) in [4.78, 5) is 37.5. The fourth-order valence-electron chi connectivity index (χ4n) is 4.95. The maximum Gasteiger partial charge on any atom is 0.387 e. The van der Waals surface area contributed by atoms with Crippen molar-refractivity contribution in [3.63, 3.8) is 0 Å². The third-order valence-corrected chi connectivity index (χ3v) is 7.21. The molecule has 0 N–H and O–H groups in total. The summed E-state index contributed by atoms with van der Waals surface area (Å²) >= 11 is 0. The highest BCUT2D eigenvalue weighted by molar-refractivity contribution is 5.84. The Kier molecular flexibility index (Phi) is 7.32. The Labute approximate surface area is 224 Å². The zero-order chi connectivity index (χ0) is 27.7. The molecule has 2 aromatic heterocycles. The number of aromatic nitrogens is 4. The van der Waals surface area contributed by atoms with Crippen LogP contribution in [0.15, 0.2) is 53.6 Å². The van der Waals surface area contributed by atoms with E-state index in [9.17, 15) is 18.4 Å². The van der Waals surface area contributed by atoms with Gasteiger partial charge in [0.15, 0.2) is 0 Å². The first-order valence-corrected chi connectivity index (χ1v) is 12.8. The first-order chi connectivity index (χ1) is 18.7. The molecule has 0 radical (unpaired) electrons. The van der Waals surface area contributed by atoms with Crippen LogP contribution in [0.1, 0.15) is 25.0 Å². The van der Waals surface area contributed by atoms with Crippen molar-refractivity contribution in [1.82, 2.24) is 24.2 Å². The summed E-state index contributed by atoms with van der Waals surface area (Å²) in [6.45, 7) is 3.38. The second-order valence-electron chi connectivity index (χ2n) is 9.56. The van der Waals surface area contributed by atoms with Crippen LogP contribution in [-0.2, 0) is 24.8 Å². The molecule has 4 aromatic rings. The molecule has 0 atom stereocenters. The highest BCUT2D eigenvalue weighted by Crippen LogP contribution is 2.27. The van der Waals surface area contributed by atoms with Crippen molar-refractivity contribution < 1.29 is 18.3 Å². The van der Waals surface area contributed by atoms with E-state index in [1.54, 1.807) is 54.1 Å². The number of amides is 1. The molecule has 9 nitrogen and oxygen atoms in total. The molecule has 1 aliphatic heterocycles. The largest absolute Gasteiger partial charge is 0.434 e. The van der Waals surface area contributed by atoms with Gasteiger partial charge in [-0.25, -0.2) is 9.97 Å². The van der Waals surface area contributed by atoms with Crippen molar-refractivity contribution in [1.29, 1.82) is 0 Å². The number of benzene rings is 2. The molecule has 5 rings (SSSR count). The Morgan fingerprint density at radius 1 is 1.03 bits per heavy atom. The summed E-state index contributed by atoms with van der Waals surface area (Å²) < 4.78 is 34.2. The molecule has 0 spiro atoms. The number of nitrogens with zero attached hydrogens (tertiary/aromatic N) is 6. The molecule has 2 aromatic carbocycles. The number of hydrogen-bond donors (Lipinski definition) is 0. The lowest BCUT2D eigenvalue weighted by atomic mass is 10.1. The minimum atomic E-state index is -2.95. The Bertz CT molecular complexity index is 1560. The van der Waals surface area contributed by atoms with Crippen molar-refractivity contribution in [3.8, 4) is 16.9 Å². The molecular weight excluding hydrogens is 506 g/mol. The normalized spacial score (nSPS) is 13.9. The van der Waals surface area contributed by atoms with Crippen molar-refractivity contribution in [3.05, 3.63) is 70.3 Å². The molecule has 0 aliphatic carbocycles. The lowest BCUT2D eigenvalue weighted by molar-refractivity contribution is -0.129. The van der Waals surface area contributed by atoms with Gasteiger partial charge in [0.2, 0.25) is 11.9 Å². The van der Waals surface area contributed by atoms with Gasteiger partial charge in [0.25, 0.3) is 5.56 Å². The minimum absolute atomic E-state index is 0.0662. The van der Waals surface area contributed by atoms with Crippen molar-refractivity contribution in [2.45, 2.75) is 33.4 Å². The maximum atomic E-state index is 13.1. The second-order valence-corrected chi connectivity index (χ2v) is 9.56. The van der Waals surface area contributed by atoms with E-state index in [0.717, 1.165) is 23.1 Å². The molecule has 0 saturated carbocycles. The maximum absolute atomic E-state index is 13.1. The predicted molar refractivity (Wildman–Crippen MR) is 144 cm³/mol. The van der Waals surface area contributed by atoms with Gasteiger partial charge in [-0.05, 0) is 35.7 Å². The van der Waals surface area contributed by atoms with Gasteiger partial charge in [0.1, 0.15) is 5.75 Å². The van der Waals surface area contributed by atoms with Crippen LogP contribution >= 0.6 is 0 Å². The van der Waals surface area contributed by atoms with E-state index < -0.39 is 6.61 Å². The van der Waals surface area contributed by atoms with E-state index >= 15 is 0 Å². The van der Waals surface area contributed by atoms with Gasteiger partial charge in [-0.2, -0.15) is 8.78 Å². The quantitative estimate of drug-likeness (QED) is 0.358. The topological polar surface area (TPSA) is 85.5 Å². The molecule has 1 aliphatic rings. The Balaban J connectivity index is 1.46. The summed E-state index contributed by atoms with van der Waals surface area (Å²) in [6.07, 6.45) is 4.22. The van der Waals surface area contributed by atoms with Crippen LogP contribution in [0.25, 0.3) is 22.0 Å². The second kappa shape index (κ2) is 10.8. The average Bonchev–Trinajstić information content (AvgIpc) is 3.18. The monoisotopic (exact) mass is 536 g/mol. The van der Waals surface area contributed by atoms with Gasteiger partial charge >= 0.3 is 6.61 Å². The zero-order valence-electron chi connectivity index (χ0n) is 22.1. The minimum Gasteiger partial charge on any atom is -0.434 e. The van der Waals surface area contributed by atoms with Crippen LogP contribution in [0.5, 0.6) is 5.75 Å². The number of ether oxygens (including phenoxy) is 1. The number of halogens is 2. The van der Waals surface area contributed by atoms with Crippen LogP contribution in [0, 0.1) is 0 Å². The lowest BCUT2D eigenvalue weighted by Crippen LogP contribution is -2.48. The van der Waals surface area contributed by atoms with Crippen LogP contribution < -0.4 is 15.2 Å². The fourth-order valence-corrected chi connectivity index (χ4v) is 4.95. The number of anilines is 1. The predicted octanol–water partition coefficient (Wildman–Crippen LogP) is 3.68. The van der Waals surface area contributed by atoms with Gasteiger partial charge in [-0.3, -0.25) is 19.0 Å². The van der Waals surface area contributed by atoms with Crippen LogP contribution in [-0.4, -0.2) is 62.9 Å². The standard InChI is InChI=1S/C28H30F2N6O3/c1-4-19-5-8-25(39-27(29)30)21(13-19)17-36-24-14-20(6-7-23(24)26(38)33(36)3)22-15-31-28(32-16-22)35-11-9-34(10-12-35)18(2)37/h5-8,13-16,27H,4,9-12,17H2,1-3H3. The zero-order valence-corrected chi connectivity index (χ0v) is 22.1. The van der Waals surface area contributed by atoms with E-state index in [1.165, 1.54) is 4.68 Å². The number of carbonyl (C=O) groups is 1. The molecule has 1 saturated heterocycles. The van der Waals surface area contributed by atoms with Crippen LogP contribution in [0.4, 0.5) is 14.7 Å². The highest BCUT2D eigenvalue weighted by atomic mass is 19.3. The summed E-state index contributed by atoms with van der Waals surface area (Å²) in [5.74, 6) is 0.749. The third kappa shape index (κ3) is 5.34. The number of aryl methyl sites for hydroxylation is 1. The van der Waals surface area contributed by atoms with Gasteiger partial charge in [0.05, 0.1) is 17.4 Å². The number of hydrogen-bond acceptors (Lipinski definition) is 6. The lowest BCUT2D eigenvalue weighted by Gasteiger charge is -2.34. The number of piperazine rings is 1. The molecule has 3 heterocycles. The average molecular weight is 537 g/mol. The van der Waals surface area contributed by atoms with Crippen molar-refractivity contribution >= 4 is 22.8 Å². The van der Waals surface area contributed by atoms with Gasteiger partial charge in [0, 0.05) is 63.7 Å². The van der Waals surface area contributed by atoms with Crippen LogP contribution in [0.2, 0.25) is 0 Å². The fraction of sp³-hybridized carbons (Fsp3) is 0.357. The molecular formula is C28H30F2N6O3. The van der Waals surface area contributed by atoms with E-state index in [-0.39, 0.29) is 23.8 Å². The summed E-state index contributed by atoms with van der Waals surface area (Å²) in [6, 6.07) is 10.6. The van der Waals surface area contributed by atoms with Crippen molar-refractivity contribution in [2.75, 3.05) is 31.1 Å². The molecule has 0 unspecified atom stereocenters. The van der Waals surface area contributed by atoms with Gasteiger partial charge in [-0.1, -0.05) is 25.1 Å². The summed E-state index contributed by atoms with van der Waals surface area (Å²) in [5, 5.41) is 0.519. The molecule has 39 heavy (non-hydrogen) atoms. The molecule has 11 heteroatoms. The highest BCUT2D eigenvalue weighted by Gasteiger charge is 2.21. The van der Waals surface area contributed by atoms with E-state index in [1.807, 2.05) is 30.0 Å². The number of fused-ring (bicyclic) bond motifs is 1. The molecule has 1 fully saturated rings. The first-order valence-electron chi connectivity index (χ1n) is 12.8. The Morgan fingerprint density at radius 2 is 1.74 bits per heavy atom. The first kappa shape index (κ1) is 26.3. The third-order valence-electron chi connectivity index (χ3n) is 7.21. The summed E-state index contributed by atoms with van der Waals surface area (Å²) in [7, 11) is 1.66.